The molecule has 4 heterocycles. The summed E-state index contributed by atoms with van der Waals surface area (Å²) in [6.45, 7) is 2.46. The molecule has 6 nitrogen and oxygen atoms in total. The molecule has 7 heteroatoms. The maximum Gasteiger partial charge on any atom is 0.260 e. The van der Waals surface area contributed by atoms with Gasteiger partial charge in [0.15, 0.2) is 6.61 Å². The number of aromatic nitrogens is 2. The van der Waals surface area contributed by atoms with E-state index in [1.807, 2.05) is 23.1 Å². The highest BCUT2D eigenvalue weighted by molar-refractivity contribution is 6.30. The van der Waals surface area contributed by atoms with E-state index in [1.54, 1.807) is 24.5 Å². The fourth-order valence-electron chi connectivity index (χ4n) is 3.79. The largest absolute Gasteiger partial charge is 0.484 e. The molecular formula is C19H21ClN4O2. The molecule has 136 valence electrons. The van der Waals surface area contributed by atoms with E-state index >= 15 is 0 Å². The fourth-order valence-corrected chi connectivity index (χ4v) is 3.97. The van der Waals surface area contributed by atoms with Gasteiger partial charge in [-0.3, -0.25) is 4.79 Å². The molecule has 3 fully saturated rings. The molecule has 1 aromatic carbocycles. The van der Waals surface area contributed by atoms with E-state index < -0.39 is 0 Å². The number of fused-ring (bicyclic) bond motifs is 4. The molecule has 2 bridgehead atoms. The summed E-state index contributed by atoms with van der Waals surface area (Å²) in [6.07, 6.45) is 5.66. The van der Waals surface area contributed by atoms with E-state index in [2.05, 4.69) is 14.9 Å². The zero-order valence-electron chi connectivity index (χ0n) is 14.4. The fraction of sp³-hybridized carbons (Fsp3) is 0.421. The lowest BCUT2D eigenvalue weighted by Gasteiger charge is -2.36. The molecule has 2 unspecified atom stereocenters. The maximum atomic E-state index is 12.8. The number of hydrogen-bond donors (Lipinski definition) is 0. The summed E-state index contributed by atoms with van der Waals surface area (Å²) in [5.41, 5.74) is 0. The molecule has 0 radical (unpaired) electrons. The second-order valence-corrected chi connectivity index (χ2v) is 7.28. The van der Waals surface area contributed by atoms with Crippen molar-refractivity contribution in [3.05, 3.63) is 47.7 Å². The van der Waals surface area contributed by atoms with Crippen LogP contribution in [0, 0.1) is 5.92 Å². The van der Waals surface area contributed by atoms with Crippen molar-refractivity contribution in [3.63, 3.8) is 0 Å². The van der Waals surface area contributed by atoms with Crippen LogP contribution in [0.5, 0.6) is 5.75 Å². The number of halogens is 1. The summed E-state index contributed by atoms with van der Waals surface area (Å²) in [4.78, 5) is 25.7. The van der Waals surface area contributed by atoms with Crippen LogP contribution in [0.1, 0.15) is 12.8 Å². The highest BCUT2D eigenvalue weighted by Gasteiger charge is 2.37. The molecule has 0 N–H and O–H groups in total. The second-order valence-electron chi connectivity index (χ2n) is 6.84. The summed E-state index contributed by atoms with van der Waals surface area (Å²) in [5, 5.41) is 0.599. The average Bonchev–Trinajstić information content (AvgIpc) is 2.99. The van der Waals surface area contributed by atoms with Crippen LogP contribution in [0.3, 0.4) is 0 Å². The molecule has 2 aromatic rings. The lowest BCUT2D eigenvalue weighted by Crippen LogP contribution is -2.49. The minimum atomic E-state index is 0.0236. The predicted octanol–water partition coefficient (Wildman–Crippen LogP) is 2.64. The molecule has 2 atom stereocenters. The lowest BCUT2D eigenvalue weighted by atomic mass is 9.95. The number of amides is 1. The molecule has 3 saturated heterocycles. The van der Waals surface area contributed by atoms with Gasteiger partial charge < -0.3 is 14.5 Å². The Morgan fingerprint density at radius 1 is 1.15 bits per heavy atom. The van der Waals surface area contributed by atoms with Crippen LogP contribution in [0.15, 0.2) is 42.7 Å². The number of ether oxygens (including phenoxy) is 1. The van der Waals surface area contributed by atoms with Gasteiger partial charge in [0.1, 0.15) is 5.75 Å². The summed E-state index contributed by atoms with van der Waals surface area (Å²) >= 11 is 5.96. The van der Waals surface area contributed by atoms with E-state index in [9.17, 15) is 4.79 Å². The number of carbonyl (C=O) groups is 1. The quantitative estimate of drug-likeness (QED) is 0.825. The molecule has 3 aliphatic heterocycles. The number of rotatable bonds is 4. The average molecular weight is 373 g/mol. The maximum absolute atomic E-state index is 12.8. The van der Waals surface area contributed by atoms with Crippen LogP contribution < -0.4 is 9.64 Å². The zero-order chi connectivity index (χ0) is 17.9. The lowest BCUT2D eigenvalue weighted by molar-refractivity contribution is -0.137. The highest BCUT2D eigenvalue weighted by atomic mass is 35.5. The van der Waals surface area contributed by atoms with E-state index in [-0.39, 0.29) is 18.6 Å². The van der Waals surface area contributed by atoms with Crippen molar-refractivity contribution in [2.75, 3.05) is 31.1 Å². The SMILES string of the molecule is O=C(COc1cccc(Cl)c1)N1CC2CCC1CN(c1ncccn1)C2. The first kappa shape index (κ1) is 17.1. The highest BCUT2D eigenvalue weighted by Crippen LogP contribution is 2.29. The number of hydrogen-bond acceptors (Lipinski definition) is 5. The van der Waals surface area contributed by atoms with Gasteiger partial charge in [-0.1, -0.05) is 17.7 Å². The van der Waals surface area contributed by atoms with Crippen LogP contribution in [-0.2, 0) is 4.79 Å². The van der Waals surface area contributed by atoms with Crippen molar-refractivity contribution in [2.45, 2.75) is 18.9 Å². The van der Waals surface area contributed by atoms with Gasteiger partial charge >= 0.3 is 0 Å². The van der Waals surface area contributed by atoms with E-state index in [1.165, 1.54) is 0 Å². The van der Waals surface area contributed by atoms with Gasteiger partial charge in [-0.05, 0) is 43.0 Å². The summed E-state index contributed by atoms with van der Waals surface area (Å²) in [7, 11) is 0. The molecule has 0 spiro atoms. The Morgan fingerprint density at radius 3 is 2.81 bits per heavy atom. The van der Waals surface area contributed by atoms with Crippen LogP contribution >= 0.6 is 11.6 Å². The van der Waals surface area contributed by atoms with Gasteiger partial charge in [0.2, 0.25) is 5.95 Å². The molecule has 1 amide bonds. The van der Waals surface area contributed by atoms with E-state index in [0.717, 1.165) is 38.4 Å². The van der Waals surface area contributed by atoms with Gasteiger partial charge in [-0.25, -0.2) is 9.97 Å². The van der Waals surface area contributed by atoms with Crippen LogP contribution in [0.4, 0.5) is 5.95 Å². The van der Waals surface area contributed by atoms with Crippen LogP contribution in [-0.4, -0.2) is 53.1 Å². The first-order valence-electron chi connectivity index (χ1n) is 8.89. The molecule has 3 aliphatic rings. The number of nitrogens with zero attached hydrogens (tertiary/aromatic N) is 4. The minimum Gasteiger partial charge on any atom is -0.484 e. The summed E-state index contributed by atoms with van der Waals surface area (Å²) < 4.78 is 5.65. The standard InChI is InChI=1S/C19H21ClN4O2/c20-15-3-1-4-17(9-15)26-13-18(25)24-11-14-5-6-16(24)12-23(10-14)19-21-7-2-8-22-19/h1-4,7-9,14,16H,5-6,10-13H2. The Morgan fingerprint density at radius 2 is 2.00 bits per heavy atom. The van der Waals surface area contributed by atoms with Crippen molar-refractivity contribution in [1.29, 1.82) is 0 Å². The van der Waals surface area contributed by atoms with E-state index in [0.29, 0.717) is 16.7 Å². The molecule has 1 aromatic heterocycles. The smallest absolute Gasteiger partial charge is 0.260 e. The van der Waals surface area contributed by atoms with Crippen LogP contribution in [0.2, 0.25) is 5.02 Å². The number of carbonyl (C=O) groups excluding carboxylic acids is 1. The second kappa shape index (κ2) is 7.50. The topological polar surface area (TPSA) is 58.6 Å². The van der Waals surface area contributed by atoms with Crippen molar-refractivity contribution in [2.24, 2.45) is 5.92 Å². The van der Waals surface area contributed by atoms with E-state index in [4.69, 9.17) is 16.3 Å². The molecule has 0 saturated carbocycles. The Kier molecular flexibility index (Phi) is 4.93. The Balaban J connectivity index is 1.42. The first-order valence-corrected chi connectivity index (χ1v) is 9.26. The van der Waals surface area contributed by atoms with Gasteiger partial charge in [-0.2, -0.15) is 0 Å². The summed E-state index contributed by atoms with van der Waals surface area (Å²) in [6, 6.07) is 9.12. The number of anilines is 1. The van der Waals surface area contributed by atoms with Gasteiger partial charge in [0, 0.05) is 43.1 Å². The third-order valence-corrected chi connectivity index (χ3v) is 5.26. The van der Waals surface area contributed by atoms with Gasteiger partial charge in [-0.15, -0.1) is 0 Å². The van der Waals surface area contributed by atoms with Crippen molar-refractivity contribution >= 4 is 23.5 Å². The Hall–Kier alpha value is -2.34. The van der Waals surface area contributed by atoms with Crippen molar-refractivity contribution in [3.8, 4) is 5.75 Å². The normalized spacial score (nSPS) is 22.2. The monoisotopic (exact) mass is 372 g/mol. The summed E-state index contributed by atoms with van der Waals surface area (Å²) in [5.74, 6) is 1.82. The molecular weight excluding hydrogens is 352 g/mol. The Bertz CT molecular complexity index is 773. The number of benzene rings is 1. The molecule has 26 heavy (non-hydrogen) atoms. The van der Waals surface area contributed by atoms with Crippen molar-refractivity contribution < 1.29 is 9.53 Å². The number of piperidine rings is 1. The minimum absolute atomic E-state index is 0.0236. The predicted molar refractivity (Wildman–Crippen MR) is 99.4 cm³/mol. The van der Waals surface area contributed by atoms with Crippen molar-refractivity contribution in [1.82, 2.24) is 14.9 Å². The molecule has 5 rings (SSSR count). The van der Waals surface area contributed by atoms with Gasteiger partial charge in [0.25, 0.3) is 5.91 Å². The Labute approximate surface area is 157 Å². The molecule has 0 aliphatic carbocycles. The first-order chi connectivity index (χ1) is 12.7. The third-order valence-electron chi connectivity index (χ3n) is 5.03. The van der Waals surface area contributed by atoms with Crippen LogP contribution in [0.25, 0.3) is 0 Å². The van der Waals surface area contributed by atoms with Gasteiger partial charge in [0.05, 0.1) is 0 Å². The zero-order valence-corrected chi connectivity index (χ0v) is 15.2. The third kappa shape index (κ3) is 3.75.